The first-order chi connectivity index (χ1) is 48.5. The third-order valence-electron chi connectivity index (χ3n) is 19.6. The van der Waals surface area contributed by atoms with Gasteiger partial charge in [-0.2, -0.15) is 12.6 Å². The number of nitrogens with zero attached hydrogens (tertiary/aromatic N) is 6. The van der Waals surface area contributed by atoms with Crippen LogP contribution in [0.15, 0.2) is 142 Å². The third kappa shape index (κ3) is 24.3. The molecule has 6 aliphatic rings. The number of ether oxygens (including phenoxy) is 5. The van der Waals surface area contributed by atoms with Crippen LogP contribution in [-0.2, 0) is 65.2 Å². The van der Waals surface area contributed by atoms with Crippen molar-refractivity contribution < 1.29 is 77.2 Å². The van der Waals surface area contributed by atoms with Gasteiger partial charge in [-0.05, 0) is 214 Å². The van der Waals surface area contributed by atoms with Crippen molar-refractivity contribution >= 4 is 100 Å². The van der Waals surface area contributed by atoms with E-state index in [0.717, 1.165) is 124 Å². The maximum Gasteiger partial charge on any atom is 1.00 e. The Kier molecular flexibility index (Phi) is 32.7. The number of thioether (sulfide) groups is 1. The van der Waals surface area contributed by atoms with Gasteiger partial charge in [0.25, 0.3) is 0 Å². The number of anilines is 3. The molecule has 12 rings (SSSR count). The van der Waals surface area contributed by atoms with Crippen molar-refractivity contribution in [1.82, 2.24) is 30.9 Å². The molecule has 3 aromatic carbocycles. The molecular formula is C81H111BrN9NaO10S3. The molecule has 3 amide bonds. The molecule has 3 aromatic heterocycles. The molecule has 3 atom stereocenters. The number of alkyl carbamates (subject to hydrolysis) is 3. The molecule has 3 aliphatic heterocycles. The zero-order valence-corrected chi connectivity index (χ0v) is 68.2. The molecule has 19 nitrogen and oxygen atoms in total. The van der Waals surface area contributed by atoms with E-state index in [2.05, 4.69) is 164 Å². The Morgan fingerprint density at radius 1 is 0.505 bits per heavy atom. The summed E-state index contributed by atoms with van der Waals surface area (Å²) in [5, 5.41) is 11.2. The van der Waals surface area contributed by atoms with Crippen LogP contribution in [0.1, 0.15) is 194 Å². The molecular weight excluding hydrogens is 1460 g/mol. The number of amides is 3. The van der Waals surface area contributed by atoms with Gasteiger partial charge in [-0.25, -0.2) is 24.4 Å². The van der Waals surface area contributed by atoms with E-state index >= 15 is 0 Å². The minimum Gasteiger partial charge on any atom is -0.760 e. The fraction of sp³-hybridized carbons (Fsp3) is 0.531. The number of halogens is 1. The van der Waals surface area contributed by atoms with E-state index in [9.17, 15) is 24.0 Å². The Balaban J connectivity index is 0.000000232. The van der Waals surface area contributed by atoms with Crippen LogP contribution in [0.25, 0.3) is 0 Å². The minimum absolute atomic E-state index is 0. The van der Waals surface area contributed by atoms with Gasteiger partial charge in [-0.3, -0.25) is 14.6 Å². The smallest absolute Gasteiger partial charge is 0.760 e. The van der Waals surface area contributed by atoms with E-state index in [-0.39, 0.29) is 109 Å². The molecule has 0 radical (unpaired) electrons. The molecule has 3 saturated heterocycles. The van der Waals surface area contributed by atoms with Crippen LogP contribution in [0.2, 0.25) is 0 Å². The molecule has 3 fully saturated rings. The monoisotopic (exact) mass is 1570 g/mol. The van der Waals surface area contributed by atoms with E-state index < -0.39 is 16.8 Å². The number of thiol groups is 1. The number of carbonyl (C=O) groups excluding carboxylic acids is 5. The number of rotatable bonds is 14. The Hall–Kier alpha value is -6.34. The fourth-order valence-corrected chi connectivity index (χ4v) is 16.2. The van der Waals surface area contributed by atoms with E-state index in [4.69, 9.17) is 31.6 Å². The number of pyridine rings is 3. The molecule has 3 N–H and O–H groups in total. The summed E-state index contributed by atoms with van der Waals surface area (Å²) >= 11 is 13.9. The van der Waals surface area contributed by atoms with Crippen LogP contribution in [0.4, 0.5) is 31.4 Å². The number of hydrogen-bond donors (Lipinski definition) is 4. The molecule has 0 bridgehead atoms. The van der Waals surface area contributed by atoms with Gasteiger partial charge in [0, 0.05) is 73.2 Å². The molecule has 3 aliphatic carbocycles. The van der Waals surface area contributed by atoms with Crippen LogP contribution in [0.3, 0.4) is 0 Å². The Morgan fingerprint density at radius 3 is 1.14 bits per heavy atom. The fourth-order valence-electron chi connectivity index (χ4n) is 14.9. The van der Waals surface area contributed by atoms with E-state index in [1.165, 1.54) is 33.4 Å². The van der Waals surface area contributed by atoms with E-state index in [1.54, 1.807) is 18.7 Å². The number of nitrogens with one attached hydrogen (secondary N) is 3. The van der Waals surface area contributed by atoms with Gasteiger partial charge in [-0.1, -0.05) is 98.7 Å². The van der Waals surface area contributed by atoms with Gasteiger partial charge in [0.1, 0.15) is 21.4 Å². The summed E-state index contributed by atoms with van der Waals surface area (Å²) < 4.78 is 27.2. The van der Waals surface area contributed by atoms with Crippen molar-refractivity contribution in [2.75, 3.05) is 78.7 Å². The number of aromatic nitrogens is 3. The molecule has 0 saturated carbocycles. The van der Waals surface area contributed by atoms with Gasteiger partial charge in [-0.15, -0.1) is 11.8 Å². The Morgan fingerprint density at radius 2 is 0.838 bits per heavy atom. The van der Waals surface area contributed by atoms with Crippen molar-refractivity contribution in [1.29, 1.82) is 0 Å². The predicted octanol–water partition coefficient (Wildman–Crippen LogP) is 14.3. The molecule has 0 unspecified atom stereocenters. The van der Waals surface area contributed by atoms with Crippen molar-refractivity contribution in [3.05, 3.63) is 166 Å². The molecule has 3 spiro atoms. The summed E-state index contributed by atoms with van der Waals surface area (Å²) in [7, 11) is 0. The van der Waals surface area contributed by atoms with Crippen molar-refractivity contribution in [2.24, 2.45) is 16.2 Å². The van der Waals surface area contributed by atoms with Crippen LogP contribution in [0, 0.1) is 16.2 Å². The quantitative estimate of drug-likeness (QED) is 0.0152. The standard InChI is InChI=1S/C28H37N3O4S.C23H28BrN3O2.C23H29N3O2S.C5H10O2S.2CH4.Na/c1-5-34-24(32)12-17-36-23-11-10-21(19-29-23)31-15-13-28(14-16-31)18-20-8-6-7-9-22(20)25(28)30-26(33)35-27(2,3)4;1-22(2,3)29-21(28)26-20-18-7-5-4-6-16(18)14-23(20)10-12-27(13-11-23)17-8-9-19(24)25-15-17;1-22(2,3)28-21(27)25-20-18-7-5-4-6-16(18)14-23(20)10-12-26(13-11-23)17-8-9-19(29)24-15-17;1-2-7-5(6)3-4-8;;;/h6-11,19,25H,5,12-18H2,1-4H3,(H,30,33);4-9,15,20H,10-14H2,1-3H3,(H,26,28);4-9,15,20H,10-14H2,1-3H3,(H,24,29)(H,25,27);8H,2-4H2,1H3;2*1H4;/q;;;;;;+1/p-1/t25-;2*20-;;;;/m111..../s1. The van der Waals surface area contributed by atoms with E-state index in [1.807, 2.05) is 112 Å². The van der Waals surface area contributed by atoms with Gasteiger partial charge < -0.3 is 67.0 Å². The van der Waals surface area contributed by atoms with Crippen molar-refractivity contribution in [3.8, 4) is 0 Å². The Labute approximate surface area is 670 Å². The third-order valence-corrected chi connectivity index (χ3v) is 21.4. The first-order valence-electron chi connectivity index (χ1n) is 35.7. The number of hydrogen-bond acceptors (Lipinski definition) is 19. The average Bonchev–Trinajstić information content (AvgIpc) is 1.62. The first-order valence-corrected chi connectivity index (χ1v) is 38.6. The second kappa shape index (κ2) is 39.2. The molecule has 24 heteroatoms. The number of benzene rings is 3. The number of esters is 2. The number of piperidine rings is 3. The summed E-state index contributed by atoms with van der Waals surface area (Å²) in [4.78, 5) is 80.2. The van der Waals surface area contributed by atoms with Gasteiger partial charge in [0.15, 0.2) is 0 Å². The SMILES string of the molecule is C.C.CC(C)(C)OC(=O)N[C@@H]1c2ccccc2CC12CCN(c1ccc(Br)nc1)CC2.CC(C)(C)OC(=O)N[C@@H]1c2ccccc2CC12CCN(c1ccc([S-])nc1)CC2.CCOC(=O)CCS.CCOC(=O)CCSc1ccc(N2CCC3(CC2)Cc2ccccc2[C@H]3NC(=O)OC(C)(C)C)cn1.[Na+]. The molecule has 105 heavy (non-hydrogen) atoms. The Bertz CT molecular complexity index is 3620. The molecule has 6 aromatic rings. The normalized spacial score (nSPS) is 18.3. The van der Waals surface area contributed by atoms with Crippen LogP contribution < -0.4 is 60.2 Å². The number of fused-ring (bicyclic) bond motifs is 3. The number of carbonyl (C=O) groups is 5. The predicted molar refractivity (Wildman–Crippen MR) is 425 cm³/mol. The van der Waals surface area contributed by atoms with Gasteiger partial charge in [0.2, 0.25) is 0 Å². The van der Waals surface area contributed by atoms with E-state index in [0.29, 0.717) is 42.6 Å². The first kappa shape index (κ1) is 87.6. The van der Waals surface area contributed by atoms with Gasteiger partial charge in [0.05, 0.1) is 78.7 Å². The molecule has 566 valence electrons. The largest absolute Gasteiger partial charge is 1.00 e. The zero-order chi connectivity index (χ0) is 73.5. The second-order valence-electron chi connectivity index (χ2n) is 30.1. The summed E-state index contributed by atoms with van der Waals surface area (Å²) in [6, 6.07) is 37.5. The minimum atomic E-state index is -0.533. The summed E-state index contributed by atoms with van der Waals surface area (Å²) in [6.07, 6.45) is 14.4. The summed E-state index contributed by atoms with van der Waals surface area (Å²) in [6.45, 7) is 27.1. The van der Waals surface area contributed by atoms with Crippen molar-refractivity contribution in [3.63, 3.8) is 0 Å². The van der Waals surface area contributed by atoms with Crippen molar-refractivity contribution in [2.45, 2.75) is 207 Å². The topological polar surface area (TPSA) is 216 Å². The summed E-state index contributed by atoms with van der Waals surface area (Å²) in [5.41, 5.74) is 9.50. The maximum atomic E-state index is 12.7. The maximum absolute atomic E-state index is 12.7. The zero-order valence-electron chi connectivity index (χ0n) is 62.1. The second-order valence-corrected chi connectivity index (χ2v) is 32.9. The van der Waals surface area contributed by atoms with Crippen LogP contribution in [0.5, 0.6) is 0 Å². The molecule has 6 heterocycles. The average molecular weight is 1570 g/mol. The van der Waals surface area contributed by atoms with Crippen LogP contribution in [-0.4, -0.2) is 126 Å². The summed E-state index contributed by atoms with van der Waals surface area (Å²) in [5.74, 6) is 0.892. The van der Waals surface area contributed by atoms with Gasteiger partial charge >= 0.3 is 59.8 Å². The van der Waals surface area contributed by atoms with Crippen LogP contribution >= 0.6 is 40.3 Å².